The van der Waals surface area contributed by atoms with Gasteiger partial charge < -0.3 is 9.64 Å². The number of ether oxygens (including phenoxy) is 1. The molecule has 0 bridgehead atoms. The number of benzene rings is 1. The molecule has 1 amide bonds. The van der Waals surface area contributed by atoms with Crippen LogP contribution in [0, 0.1) is 0 Å². The van der Waals surface area contributed by atoms with Crippen LogP contribution in [0.15, 0.2) is 18.2 Å². The largest absolute Gasteiger partial charge is 0.497 e. The number of rotatable bonds is 1. The zero-order chi connectivity index (χ0) is 11.7. The fourth-order valence-electron chi connectivity index (χ4n) is 2.16. The third-order valence-corrected chi connectivity index (χ3v) is 3.39. The third-order valence-electron chi connectivity index (χ3n) is 3.39. The number of carbonyl (C=O) groups excluding carboxylic acids is 1. The van der Waals surface area contributed by atoms with Crippen molar-refractivity contribution < 1.29 is 9.53 Å². The fourth-order valence-corrected chi connectivity index (χ4v) is 2.16. The van der Waals surface area contributed by atoms with Crippen molar-refractivity contribution in [2.24, 2.45) is 0 Å². The van der Waals surface area contributed by atoms with Crippen molar-refractivity contribution in [3.8, 4) is 5.75 Å². The highest BCUT2D eigenvalue weighted by Crippen LogP contribution is 2.30. The molecule has 1 aliphatic rings. The summed E-state index contributed by atoms with van der Waals surface area (Å²) in [5.41, 5.74) is 2.46. The molecule has 0 fully saturated rings. The zero-order valence-corrected chi connectivity index (χ0v) is 9.99. The Labute approximate surface area is 96.0 Å². The Kier molecular flexibility index (Phi) is 2.86. The molecular weight excluding hydrogens is 202 g/mol. The number of fused-ring (bicyclic) bond motifs is 1. The lowest BCUT2D eigenvalue weighted by molar-refractivity contribution is -0.131. The van der Waals surface area contributed by atoms with Gasteiger partial charge in [-0.05, 0) is 36.6 Å². The molecule has 1 aliphatic heterocycles. The lowest BCUT2D eigenvalue weighted by Crippen LogP contribution is -2.27. The first-order valence-electron chi connectivity index (χ1n) is 5.56. The molecule has 86 valence electrons. The second kappa shape index (κ2) is 4.16. The van der Waals surface area contributed by atoms with Crippen LogP contribution in [0.5, 0.6) is 5.75 Å². The van der Waals surface area contributed by atoms with Gasteiger partial charge in [0, 0.05) is 13.5 Å². The van der Waals surface area contributed by atoms with E-state index >= 15 is 0 Å². The number of carbonyl (C=O) groups is 1. The lowest BCUT2D eigenvalue weighted by Gasteiger charge is -2.24. The first-order valence-corrected chi connectivity index (χ1v) is 5.56. The molecule has 0 saturated heterocycles. The molecule has 3 heteroatoms. The van der Waals surface area contributed by atoms with Gasteiger partial charge in [0.15, 0.2) is 0 Å². The van der Waals surface area contributed by atoms with Gasteiger partial charge in [0.2, 0.25) is 5.91 Å². The predicted octanol–water partition coefficient (Wildman–Crippen LogP) is 2.16. The van der Waals surface area contributed by atoms with E-state index in [1.807, 2.05) is 24.1 Å². The van der Waals surface area contributed by atoms with Crippen LogP contribution in [-0.2, 0) is 11.2 Å². The SMILES string of the molecule is COc1ccc2c(c1)C(C)N(C)C(=O)CC2. The number of hydrogen-bond donors (Lipinski definition) is 0. The highest BCUT2D eigenvalue weighted by atomic mass is 16.5. The van der Waals surface area contributed by atoms with Gasteiger partial charge in [-0.2, -0.15) is 0 Å². The Hall–Kier alpha value is -1.51. The Bertz CT molecular complexity index is 414. The van der Waals surface area contributed by atoms with E-state index in [2.05, 4.69) is 13.0 Å². The van der Waals surface area contributed by atoms with Crippen LogP contribution in [0.3, 0.4) is 0 Å². The lowest BCUT2D eigenvalue weighted by atomic mass is 9.99. The van der Waals surface area contributed by atoms with Crippen LogP contribution in [0.1, 0.15) is 30.5 Å². The summed E-state index contributed by atoms with van der Waals surface area (Å²) in [7, 11) is 3.53. The zero-order valence-electron chi connectivity index (χ0n) is 9.99. The maximum absolute atomic E-state index is 11.7. The number of methoxy groups -OCH3 is 1. The van der Waals surface area contributed by atoms with Gasteiger partial charge in [0.05, 0.1) is 13.2 Å². The molecule has 0 radical (unpaired) electrons. The van der Waals surface area contributed by atoms with Crippen molar-refractivity contribution in [3.05, 3.63) is 29.3 Å². The van der Waals surface area contributed by atoms with Crippen molar-refractivity contribution >= 4 is 5.91 Å². The van der Waals surface area contributed by atoms with E-state index in [0.29, 0.717) is 6.42 Å². The molecule has 0 N–H and O–H groups in total. The number of amides is 1. The summed E-state index contributed by atoms with van der Waals surface area (Å²) in [5, 5.41) is 0. The monoisotopic (exact) mass is 219 g/mol. The highest BCUT2D eigenvalue weighted by molar-refractivity contribution is 5.77. The number of nitrogens with zero attached hydrogens (tertiary/aromatic N) is 1. The number of aryl methyl sites for hydroxylation is 1. The van der Waals surface area contributed by atoms with Gasteiger partial charge in [-0.3, -0.25) is 4.79 Å². The van der Waals surface area contributed by atoms with Crippen molar-refractivity contribution in [3.63, 3.8) is 0 Å². The van der Waals surface area contributed by atoms with Crippen molar-refractivity contribution in [1.29, 1.82) is 0 Å². The average molecular weight is 219 g/mol. The average Bonchev–Trinajstić information content (AvgIpc) is 2.42. The van der Waals surface area contributed by atoms with Gasteiger partial charge in [-0.25, -0.2) is 0 Å². The summed E-state index contributed by atoms with van der Waals surface area (Å²) in [6, 6.07) is 6.19. The molecule has 1 heterocycles. The topological polar surface area (TPSA) is 29.5 Å². The fraction of sp³-hybridized carbons (Fsp3) is 0.462. The highest BCUT2D eigenvalue weighted by Gasteiger charge is 2.24. The van der Waals surface area contributed by atoms with E-state index in [0.717, 1.165) is 12.2 Å². The molecule has 0 aromatic heterocycles. The molecule has 0 saturated carbocycles. The van der Waals surface area contributed by atoms with E-state index in [1.165, 1.54) is 11.1 Å². The molecule has 1 aromatic carbocycles. The Morgan fingerprint density at radius 3 is 2.81 bits per heavy atom. The number of hydrogen-bond acceptors (Lipinski definition) is 2. The van der Waals surface area contributed by atoms with Crippen molar-refractivity contribution in [2.75, 3.05) is 14.2 Å². The van der Waals surface area contributed by atoms with Crippen LogP contribution < -0.4 is 4.74 Å². The molecule has 3 nitrogen and oxygen atoms in total. The van der Waals surface area contributed by atoms with Gasteiger partial charge in [0.1, 0.15) is 5.75 Å². The molecule has 2 rings (SSSR count). The summed E-state index contributed by atoms with van der Waals surface area (Å²) < 4.78 is 5.23. The minimum atomic E-state index is 0.125. The van der Waals surface area contributed by atoms with E-state index in [-0.39, 0.29) is 11.9 Å². The maximum Gasteiger partial charge on any atom is 0.223 e. The van der Waals surface area contributed by atoms with Crippen molar-refractivity contribution in [2.45, 2.75) is 25.8 Å². The molecule has 16 heavy (non-hydrogen) atoms. The van der Waals surface area contributed by atoms with E-state index in [4.69, 9.17) is 4.74 Å². The normalized spacial score (nSPS) is 20.3. The Morgan fingerprint density at radius 2 is 2.12 bits per heavy atom. The molecule has 1 aromatic rings. The van der Waals surface area contributed by atoms with Crippen LogP contribution in [0.2, 0.25) is 0 Å². The third kappa shape index (κ3) is 1.77. The van der Waals surface area contributed by atoms with Crippen LogP contribution >= 0.6 is 0 Å². The van der Waals surface area contributed by atoms with E-state index in [1.54, 1.807) is 7.11 Å². The van der Waals surface area contributed by atoms with E-state index in [9.17, 15) is 4.79 Å². The van der Waals surface area contributed by atoms with Gasteiger partial charge in [0.25, 0.3) is 0 Å². The molecule has 0 spiro atoms. The second-order valence-electron chi connectivity index (χ2n) is 4.25. The van der Waals surface area contributed by atoms with Crippen molar-refractivity contribution in [1.82, 2.24) is 4.90 Å². The van der Waals surface area contributed by atoms with Crippen LogP contribution in [-0.4, -0.2) is 25.0 Å². The summed E-state index contributed by atoms with van der Waals surface area (Å²) in [5.74, 6) is 1.07. The molecular formula is C13H17NO2. The molecule has 0 aliphatic carbocycles. The summed E-state index contributed by atoms with van der Waals surface area (Å²) in [6.45, 7) is 2.06. The van der Waals surface area contributed by atoms with Gasteiger partial charge in [-0.15, -0.1) is 0 Å². The predicted molar refractivity (Wildman–Crippen MR) is 62.5 cm³/mol. The standard InChI is InChI=1S/C13H17NO2/c1-9-12-8-11(16-3)6-4-10(12)5-7-13(15)14(9)2/h4,6,8-9H,5,7H2,1-3H3. The Morgan fingerprint density at radius 1 is 1.38 bits per heavy atom. The first-order chi connectivity index (χ1) is 7.63. The quantitative estimate of drug-likeness (QED) is 0.724. The first kappa shape index (κ1) is 11.0. The molecule has 1 atom stereocenters. The maximum atomic E-state index is 11.7. The van der Waals surface area contributed by atoms with Gasteiger partial charge in [-0.1, -0.05) is 6.07 Å². The van der Waals surface area contributed by atoms with Crippen LogP contribution in [0.25, 0.3) is 0 Å². The summed E-state index contributed by atoms with van der Waals surface area (Å²) in [4.78, 5) is 13.6. The van der Waals surface area contributed by atoms with Gasteiger partial charge >= 0.3 is 0 Å². The summed E-state index contributed by atoms with van der Waals surface area (Å²) in [6.07, 6.45) is 1.42. The summed E-state index contributed by atoms with van der Waals surface area (Å²) >= 11 is 0. The second-order valence-corrected chi connectivity index (χ2v) is 4.25. The minimum Gasteiger partial charge on any atom is -0.497 e. The Balaban J connectivity index is 2.45. The van der Waals surface area contributed by atoms with Crippen LogP contribution in [0.4, 0.5) is 0 Å². The minimum absolute atomic E-state index is 0.125. The van der Waals surface area contributed by atoms with E-state index < -0.39 is 0 Å². The smallest absolute Gasteiger partial charge is 0.223 e. The molecule has 1 unspecified atom stereocenters.